The fraction of sp³-hybridized carbons (Fsp3) is 0.417. The zero-order valence-electron chi connectivity index (χ0n) is 11.0. The summed E-state index contributed by atoms with van der Waals surface area (Å²) in [5, 5.41) is 7.31. The molecular weight excluding hydrogens is 228 g/mol. The van der Waals surface area contributed by atoms with E-state index in [-0.39, 0.29) is 0 Å². The summed E-state index contributed by atoms with van der Waals surface area (Å²) < 4.78 is 1.80. The van der Waals surface area contributed by atoms with Crippen molar-refractivity contribution in [3.05, 3.63) is 30.4 Å². The summed E-state index contributed by atoms with van der Waals surface area (Å²) in [5.74, 6) is 1.64. The smallest absolute Gasteiger partial charge is 0.149 e. The Morgan fingerprint density at radius 1 is 1.33 bits per heavy atom. The number of nitrogens with zero attached hydrogens (tertiary/aromatic N) is 5. The highest BCUT2D eigenvalue weighted by molar-refractivity contribution is 5.43. The Kier molecular flexibility index (Phi) is 3.76. The molecule has 6 nitrogen and oxygen atoms in total. The molecule has 0 amide bonds. The van der Waals surface area contributed by atoms with Crippen molar-refractivity contribution in [2.75, 3.05) is 23.8 Å². The Hall–Kier alpha value is -2.11. The second-order valence-electron chi connectivity index (χ2n) is 4.17. The van der Waals surface area contributed by atoms with Crippen molar-refractivity contribution in [2.45, 2.75) is 13.5 Å². The Labute approximate surface area is 107 Å². The van der Waals surface area contributed by atoms with Crippen LogP contribution in [0.25, 0.3) is 0 Å². The molecule has 0 unspecified atom stereocenters. The van der Waals surface area contributed by atoms with Gasteiger partial charge in [0.05, 0.1) is 18.6 Å². The van der Waals surface area contributed by atoms with Crippen LogP contribution in [-0.2, 0) is 13.6 Å². The lowest BCUT2D eigenvalue weighted by molar-refractivity contribution is 0.766. The van der Waals surface area contributed by atoms with Crippen LogP contribution in [0.1, 0.15) is 12.5 Å². The van der Waals surface area contributed by atoms with Crippen LogP contribution in [0.5, 0.6) is 0 Å². The SMILES string of the molecule is CCNc1cncc(N(C)Cc2cnn(C)c2)n1. The molecule has 0 radical (unpaired) electrons. The van der Waals surface area contributed by atoms with E-state index in [1.165, 1.54) is 0 Å². The third-order valence-electron chi connectivity index (χ3n) is 2.55. The molecule has 0 aliphatic rings. The van der Waals surface area contributed by atoms with Gasteiger partial charge >= 0.3 is 0 Å². The molecule has 0 saturated heterocycles. The van der Waals surface area contributed by atoms with Crippen molar-refractivity contribution in [1.82, 2.24) is 19.7 Å². The fourth-order valence-electron chi connectivity index (χ4n) is 1.71. The summed E-state index contributed by atoms with van der Waals surface area (Å²) in [7, 11) is 3.90. The first-order valence-corrected chi connectivity index (χ1v) is 5.93. The third-order valence-corrected chi connectivity index (χ3v) is 2.55. The van der Waals surface area contributed by atoms with Crippen molar-refractivity contribution in [2.24, 2.45) is 7.05 Å². The first kappa shape index (κ1) is 12.3. The van der Waals surface area contributed by atoms with E-state index in [0.717, 1.165) is 30.3 Å². The highest BCUT2D eigenvalue weighted by Gasteiger charge is 2.06. The number of rotatable bonds is 5. The lowest BCUT2D eigenvalue weighted by Crippen LogP contribution is -2.18. The lowest BCUT2D eigenvalue weighted by atomic mass is 10.3. The normalized spacial score (nSPS) is 10.4. The zero-order valence-corrected chi connectivity index (χ0v) is 11.0. The van der Waals surface area contributed by atoms with Crippen LogP contribution < -0.4 is 10.2 Å². The van der Waals surface area contributed by atoms with Crippen molar-refractivity contribution in [3.63, 3.8) is 0 Å². The predicted octanol–water partition coefficient (Wildman–Crippen LogP) is 1.28. The molecule has 0 aliphatic heterocycles. The maximum atomic E-state index is 4.49. The fourth-order valence-corrected chi connectivity index (χ4v) is 1.71. The van der Waals surface area contributed by atoms with Crippen LogP contribution in [-0.4, -0.2) is 33.3 Å². The Morgan fingerprint density at radius 2 is 2.17 bits per heavy atom. The first-order valence-electron chi connectivity index (χ1n) is 5.93. The van der Waals surface area contributed by atoms with Crippen LogP contribution >= 0.6 is 0 Å². The van der Waals surface area contributed by atoms with E-state index in [1.807, 2.05) is 38.3 Å². The van der Waals surface area contributed by atoms with Crippen molar-refractivity contribution in [1.29, 1.82) is 0 Å². The number of aromatic nitrogens is 4. The van der Waals surface area contributed by atoms with E-state index in [2.05, 4.69) is 20.4 Å². The maximum absolute atomic E-state index is 4.49. The second kappa shape index (κ2) is 5.48. The molecule has 2 aromatic rings. The molecule has 18 heavy (non-hydrogen) atoms. The summed E-state index contributed by atoms with van der Waals surface area (Å²) in [4.78, 5) is 10.7. The Balaban J connectivity index is 2.08. The van der Waals surface area contributed by atoms with Gasteiger partial charge in [-0.1, -0.05) is 0 Å². The van der Waals surface area contributed by atoms with E-state index < -0.39 is 0 Å². The highest BCUT2D eigenvalue weighted by atomic mass is 15.2. The summed E-state index contributed by atoms with van der Waals surface area (Å²) >= 11 is 0. The lowest BCUT2D eigenvalue weighted by Gasteiger charge is -2.17. The maximum Gasteiger partial charge on any atom is 0.149 e. The first-order chi connectivity index (χ1) is 8.69. The minimum absolute atomic E-state index is 0.762. The molecule has 0 fully saturated rings. The molecule has 2 aromatic heterocycles. The number of hydrogen-bond donors (Lipinski definition) is 1. The van der Waals surface area contributed by atoms with E-state index in [1.54, 1.807) is 17.1 Å². The summed E-state index contributed by atoms with van der Waals surface area (Å²) in [6.07, 6.45) is 7.35. The number of nitrogens with one attached hydrogen (secondary N) is 1. The van der Waals surface area contributed by atoms with Crippen LogP contribution in [0.4, 0.5) is 11.6 Å². The molecule has 96 valence electrons. The minimum atomic E-state index is 0.762. The van der Waals surface area contributed by atoms with E-state index in [9.17, 15) is 0 Å². The minimum Gasteiger partial charge on any atom is -0.369 e. The van der Waals surface area contributed by atoms with Gasteiger partial charge < -0.3 is 10.2 Å². The second-order valence-corrected chi connectivity index (χ2v) is 4.17. The molecule has 0 bridgehead atoms. The van der Waals surface area contributed by atoms with Crippen LogP contribution in [0.3, 0.4) is 0 Å². The van der Waals surface area contributed by atoms with E-state index in [4.69, 9.17) is 0 Å². The number of anilines is 2. The van der Waals surface area contributed by atoms with Gasteiger partial charge in [-0.25, -0.2) is 4.98 Å². The Bertz CT molecular complexity index is 507. The molecule has 2 rings (SSSR count). The average Bonchev–Trinajstić information content (AvgIpc) is 2.75. The standard InChI is InChI=1S/C12H18N6/c1-4-14-11-6-13-7-12(16-11)17(2)8-10-5-15-18(3)9-10/h5-7,9H,4,8H2,1-3H3,(H,14,16). The highest BCUT2D eigenvalue weighted by Crippen LogP contribution is 2.13. The average molecular weight is 246 g/mol. The van der Waals surface area contributed by atoms with Crippen molar-refractivity contribution in [3.8, 4) is 0 Å². The molecular formula is C12H18N6. The topological polar surface area (TPSA) is 58.9 Å². The van der Waals surface area contributed by atoms with Gasteiger partial charge in [-0.15, -0.1) is 0 Å². The summed E-state index contributed by atoms with van der Waals surface area (Å²) in [6.45, 7) is 3.64. The Morgan fingerprint density at radius 3 is 2.83 bits per heavy atom. The van der Waals surface area contributed by atoms with Crippen molar-refractivity contribution >= 4 is 11.6 Å². The molecule has 0 aliphatic carbocycles. The number of hydrogen-bond acceptors (Lipinski definition) is 5. The number of aryl methyl sites for hydroxylation is 1. The van der Waals surface area contributed by atoms with Gasteiger partial charge in [0, 0.05) is 38.9 Å². The van der Waals surface area contributed by atoms with Crippen LogP contribution in [0.2, 0.25) is 0 Å². The van der Waals surface area contributed by atoms with Gasteiger partial charge in [0.25, 0.3) is 0 Å². The van der Waals surface area contributed by atoms with Crippen LogP contribution in [0.15, 0.2) is 24.8 Å². The summed E-state index contributed by atoms with van der Waals surface area (Å²) in [6, 6.07) is 0. The molecule has 0 saturated carbocycles. The van der Waals surface area contributed by atoms with Gasteiger partial charge in [-0.3, -0.25) is 9.67 Å². The van der Waals surface area contributed by atoms with Gasteiger partial charge in [0.15, 0.2) is 0 Å². The van der Waals surface area contributed by atoms with Crippen molar-refractivity contribution < 1.29 is 0 Å². The van der Waals surface area contributed by atoms with Gasteiger partial charge in [0.2, 0.25) is 0 Å². The molecule has 0 spiro atoms. The quantitative estimate of drug-likeness (QED) is 0.861. The van der Waals surface area contributed by atoms with Crippen LogP contribution in [0, 0.1) is 0 Å². The van der Waals surface area contributed by atoms with Gasteiger partial charge in [-0.05, 0) is 6.92 Å². The third kappa shape index (κ3) is 2.97. The summed E-state index contributed by atoms with van der Waals surface area (Å²) in [5.41, 5.74) is 1.15. The molecule has 0 aromatic carbocycles. The predicted molar refractivity (Wildman–Crippen MR) is 71.5 cm³/mol. The molecule has 0 atom stereocenters. The molecule has 1 N–H and O–H groups in total. The zero-order chi connectivity index (χ0) is 13.0. The van der Waals surface area contributed by atoms with E-state index >= 15 is 0 Å². The van der Waals surface area contributed by atoms with E-state index in [0.29, 0.717) is 0 Å². The van der Waals surface area contributed by atoms with Gasteiger partial charge in [-0.2, -0.15) is 5.10 Å². The molecule has 6 heteroatoms. The molecule has 2 heterocycles. The monoisotopic (exact) mass is 246 g/mol. The van der Waals surface area contributed by atoms with Gasteiger partial charge in [0.1, 0.15) is 11.6 Å². The largest absolute Gasteiger partial charge is 0.369 e.